The Morgan fingerprint density at radius 2 is 1.88 bits per heavy atom. The van der Waals surface area contributed by atoms with E-state index in [2.05, 4.69) is 0 Å². The first-order valence-electron chi connectivity index (χ1n) is 8.39. The number of benzene rings is 1. The zero-order valence-electron chi connectivity index (χ0n) is 14.7. The summed E-state index contributed by atoms with van der Waals surface area (Å²) in [6, 6.07) is 4.29. The van der Waals surface area contributed by atoms with Gasteiger partial charge in [-0.15, -0.1) is 0 Å². The first kappa shape index (κ1) is 17.3. The molecule has 1 aliphatic rings. The van der Waals surface area contributed by atoms with E-state index in [1.165, 1.54) is 23.8 Å². The van der Waals surface area contributed by atoms with Gasteiger partial charge in [0.2, 0.25) is 5.91 Å². The molecular weight excluding hydrogens is 325 g/mol. The van der Waals surface area contributed by atoms with Crippen LogP contribution in [0.4, 0.5) is 10.1 Å². The van der Waals surface area contributed by atoms with Crippen LogP contribution in [0.25, 0.3) is 10.9 Å². The standard InChI is InChI=1S/C18H22FN3O3/c1-12(2)25-22-5-4-18(24)14-10-15(19)17(11-16(14)22)21-8-6-20(7-9-21)13(3)23/h4-5,10-12H,6-9H2,1-3H3. The van der Waals surface area contributed by atoms with Gasteiger partial charge in [0.15, 0.2) is 5.43 Å². The van der Waals surface area contributed by atoms with Crippen molar-refractivity contribution in [2.24, 2.45) is 0 Å². The summed E-state index contributed by atoms with van der Waals surface area (Å²) in [5.74, 6) is -0.416. The number of hydrogen-bond donors (Lipinski definition) is 0. The molecule has 25 heavy (non-hydrogen) atoms. The van der Waals surface area contributed by atoms with Crippen molar-refractivity contribution in [3.8, 4) is 0 Å². The number of carbonyl (C=O) groups excluding carboxylic acids is 1. The van der Waals surface area contributed by atoms with Crippen LogP contribution in [0.2, 0.25) is 0 Å². The Morgan fingerprint density at radius 1 is 1.20 bits per heavy atom. The summed E-state index contributed by atoms with van der Waals surface area (Å²) < 4.78 is 16.1. The molecule has 3 rings (SSSR count). The molecule has 1 amide bonds. The number of rotatable bonds is 3. The predicted molar refractivity (Wildman–Crippen MR) is 94.3 cm³/mol. The van der Waals surface area contributed by atoms with Crippen molar-refractivity contribution in [1.29, 1.82) is 0 Å². The summed E-state index contributed by atoms with van der Waals surface area (Å²) in [4.78, 5) is 32.9. The van der Waals surface area contributed by atoms with Gasteiger partial charge in [0, 0.05) is 45.4 Å². The third-order valence-electron chi connectivity index (χ3n) is 4.32. The highest BCUT2D eigenvalue weighted by Gasteiger charge is 2.22. The van der Waals surface area contributed by atoms with E-state index < -0.39 is 5.82 Å². The molecule has 1 aliphatic heterocycles. The van der Waals surface area contributed by atoms with Crippen molar-refractivity contribution >= 4 is 22.5 Å². The van der Waals surface area contributed by atoms with Gasteiger partial charge in [-0.25, -0.2) is 4.39 Å². The second-order valence-corrected chi connectivity index (χ2v) is 6.47. The van der Waals surface area contributed by atoms with Gasteiger partial charge in [0.25, 0.3) is 0 Å². The lowest BCUT2D eigenvalue weighted by molar-refractivity contribution is -0.129. The molecular formula is C18H22FN3O3. The van der Waals surface area contributed by atoms with Crippen LogP contribution in [0.5, 0.6) is 0 Å². The Morgan fingerprint density at radius 3 is 2.48 bits per heavy atom. The molecule has 7 heteroatoms. The number of aromatic nitrogens is 1. The Labute approximate surface area is 145 Å². The Hall–Kier alpha value is -2.57. The predicted octanol–water partition coefficient (Wildman–Crippen LogP) is 1.65. The van der Waals surface area contributed by atoms with Crippen molar-refractivity contribution in [2.75, 3.05) is 31.1 Å². The van der Waals surface area contributed by atoms with E-state index in [0.717, 1.165) is 0 Å². The first-order valence-corrected chi connectivity index (χ1v) is 8.39. The van der Waals surface area contributed by atoms with E-state index in [-0.39, 0.29) is 22.8 Å². The molecule has 0 unspecified atom stereocenters. The first-order chi connectivity index (χ1) is 11.9. The monoisotopic (exact) mass is 347 g/mol. The lowest BCUT2D eigenvalue weighted by Gasteiger charge is -2.35. The van der Waals surface area contributed by atoms with Gasteiger partial charge in [-0.1, -0.05) is 0 Å². The zero-order valence-corrected chi connectivity index (χ0v) is 14.7. The molecule has 1 fully saturated rings. The zero-order chi connectivity index (χ0) is 18.1. The van der Waals surface area contributed by atoms with Crippen LogP contribution in [0.15, 0.2) is 29.2 Å². The van der Waals surface area contributed by atoms with Gasteiger partial charge in [0.05, 0.1) is 16.6 Å². The van der Waals surface area contributed by atoms with Crippen LogP contribution in [0.3, 0.4) is 0 Å². The number of pyridine rings is 1. The van der Waals surface area contributed by atoms with Crippen molar-refractivity contribution < 1.29 is 14.0 Å². The van der Waals surface area contributed by atoms with Crippen LogP contribution in [-0.2, 0) is 4.79 Å². The summed E-state index contributed by atoms with van der Waals surface area (Å²) in [6.07, 6.45) is 1.47. The van der Waals surface area contributed by atoms with Gasteiger partial charge in [-0.3, -0.25) is 9.59 Å². The Kier molecular flexibility index (Phi) is 4.65. The molecule has 0 saturated carbocycles. The molecule has 134 valence electrons. The fourth-order valence-electron chi connectivity index (χ4n) is 3.06. The number of fused-ring (bicyclic) bond motifs is 1. The number of hydrogen-bond acceptors (Lipinski definition) is 4. The average molecular weight is 347 g/mol. The van der Waals surface area contributed by atoms with Gasteiger partial charge >= 0.3 is 0 Å². The van der Waals surface area contributed by atoms with E-state index in [1.54, 1.807) is 17.2 Å². The quantitative estimate of drug-likeness (QED) is 0.847. The SMILES string of the molecule is CC(=O)N1CCN(c2cc3c(cc2F)c(=O)ccn3OC(C)C)CC1. The largest absolute Gasteiger partial charge is 0.411 e. The summed E-state index contributed by atoms with van der Waals surface area (Å²) in [5.41, 5.74) is 0.708. The summed E-state index contributed by atoms with van der Waals surface area (Å²) >= 11 is 0. The summed E-state index contributed by atoms with van der Waals surface area (Å²) in [7, 11) is 0. The van der Waals surface area contributed by atoms with Gasteiger partial charge in [0.1, 0.15) is 11.9 Å². The Balaban J connectivity index is 2.00. The number of amides is 1. The average Bonchev–Trinajstić information content (AvgIpc) is 2.57. The molecule has 0 bridgehead atoms. The maximum Gasteiger partial charge on any atom is 0.219 e. The third-order valence-corrected chi connectivity index (χ3v) is 4.32. The molecule has 6 nitrogen and oxygen atoms in total. The van der Waals surface area contributed by atoms with Crippen LogP contribution in [-0.4, -0.2) is 47.8 Å². The third kappa shape index (κ3) is 3.45. The molecule has 0 spiro atoms. The minimum absolute atomic E-state index is 0.0257. The van der Waals surface area contributed by atoms with E-state index in [9.17, 15) is 14.0 Å². The van der Waals surface area contributed by atoms with Crippen molar-refractivity contribution in [3.63, 3.8) is 0 Å². The second kappa shape index (κ2) is 6.74. The van der Waals surface area contributed by atoms with E-state index >= 15 is 0 Å². The smallest absolute Gasteiger partial charge is 0.219 e. The molecule has 0 atom stereocenters. The van der Waals surface area contributed by atoms with Crippen LogP contribution >= 0.6 is 0 Å². The molecule has 2 heterocycles. The number of piperazine rings is 1. The fourth-order valence-corrected chi connectivity index (χ4v) is 3.06. The lowest BCUT2D eigenvalue weighted by atomic mass is 10.1. The molecule has 0 aliphatic carbocycles. The molecule has 2 aromatic rings. The van der Waals surface area contributed by atoms with E-state index in [1.807, 2.05) is 18.7 Å². The fraction of sp³-hybridized carbons (Fsp3) is 0.444. The topological polar surface area (TPSA) is 54.8 Å². The number of anilines is 1. The maximum atomic E-state index is 14.6. The van der Waals surface area contributed by atoms with Gasteiger partial charge in [-0.05, 0) is 26.0 Å². The minimum atomic E-state index is -0.442. The Bertz CT molecular complexity index is 855. The van der Waals surface area contributed by atoms with E-state index in [4.69, 9.17) is 4.84 Å². The minimum Gasteiger partial charge on any atom is -0.411 e. The lowest BCUT2D eigenvalue weighted by Crippen LogP contribution is -2.48. The molecule has 1 saturated heterocycles. The highest BCUT2D eigenvalue weighted by atomic mass is 19.1. The van der Waals surface area contributed by atoms with E-state index in [0.29, 0.717) is 37.4 Å². The normalized spacial score (nSPS) is 15.1. The molecule has 0 N–H and O–H groups in total. The molecule has 0 radical (unpaired) electrons. The van der Waals surface area contributed by atoms with Crippen molar-refractivity contribution in [3.05, 3.63) is 40.4 Å². The highest BCUT2D eigenvalue weighted by Crippen LogP contribution is 2.25. The maximum absolute atomic E-state index is 14.6. The number of carbonyl (C=O) groups is 1. The summed E-state index contributed by atoms with van der Waals surface area (Å²) in [6.45, 7) is 7.50. The van der Waals surface area contributed by atoms with Gasteiger partial charge < -0.3 is 14.6 Å². The van der Waals surface area contributed by atoms with Crippen LogP contribution in [0.1, 0.15) is 20.8 Å². The molecule has 1 aromatic carbocycles. The van der Waals surface area contributed by atoms with Crippen molar-refractivity contribution in [1.82, 2.24) is 9.63 Å². The number of nitrogens with zero attached hydrogens (tertiary/aromatic N) is 3. The highest BCUT2D eigenvalue weighted by molar-refractivity contribution is 5.83. The molecule has 1 aromatic heterocycles. The summed E-state index contributed by atoms with van der Waals surface area (Å²) in [5, 5.41) is 0.284. The van der Waals surface area contributed by atoms with Crippen LogP contribution in [0, 0.1) is 5.82 Å². The number of halogens is 1. The van der Waals surface area contributed by atoms with Crippen LogP contribution < -0.4 is 15.2 Å². The van der Waals surface area contributed by atoms with Gasteiger partial charge in [-0.2, -0.15) is 4.73 Å². The van der Waals surface area contributed by atoms with Crippen molar-refractivity contribution in [2.45, 2.75) is 26.9 Å². The second-order valence-electron chi connectivity index (χ2n) is 6.47.